The molecule has 1 unspecified atom stereocenters. The molecule has 0 N–H and O–H groups in total. The van der Waals surface area contributed by atoms with Gasteiger partial charge in [0.15, 0.2) is 0 Å². The minimum atomic E-state index is -0.174. The van der Waals surface area contributed by atoms with E-state index in [0.717, 1.165) is 6.54 Å². The van der Waals surface area contributed by atoms with Crippen LogP contribution in [-0.4, -0.2) is 35.0 Å². The summed E-state index contributed by atoms with van der Waals surface area (Å²) in [4.78, 5) is 19.2. The highest BCUT2D eigenvalue weighted by Crippen LogP contribution is 2.28. The topological polar surface area (TPSA) is 42.4 Å². The van der Waals surface area contributed by atoms with Crippen LogP contribution in [0.4, 0.5) is 0 Å². The van der Waals surface area contributed by atoms with Crippen LogP contribution in [0.2, 0.25) is 0 Å². The molecule has 1 aliphatic carbocycles. The minimum Gasteiger partial charge on any atom is -0.468 e. The first-order valence-corrected chi connectivity index (χ1v) is 6.81. The summed E-state index contributed by atoms with van der Waals surface area (Å²) in [6.07, 6.45) is 5.50. The fraction of sp³-hybridized carbons (Fsp3) is 0.667. The summed E-state index contributed by atoms with van der Waals surface area (Å²) in [6, 6.07) is 0.346. The molecule has 0 radical (unpaired) electrons. The van der Waals surface area contributed by atoms with Gasteiger partial charge in [0, 0.05) is 23.7 Å². The number of hydrogen-bond donors (Lipinski definition) is 0. The van der Waals surface area contributed by atoms with Crippen molar-refractivity contribution in [2.24, 2.45) is 0 Å². The number of aromatic nitrogens is 1. The highest BCUT2D eigenvalue weighted by atomic mass is 32.1. The smallest absolute Gasteiger partial charge is 0.322 e. The lowest BCUT2D eigenvalue weighted by atomic mass is 9.90. The van der Waals surface area contributed by atoms with E-state index >= 15 is 0 Å². The van der Waals surface area contributed by atoms with E-state index in [4.69, 9.17) is 4.74 Å². The third kappa shape index (κ3) is 2.84. The summed E-state index contributed by atoms with van der Waals surface area (Å²) < 4.78 is 4.84. The molecule has 1 atom stereocenters. The van der Waals surface area contributed by atoms with Gasteiger partial charge in [-0.2, -0.15) is 0 Å². The number of hydrogen-bond acceptors (Lipinski definition) is 5. The second-order valence-corrected chi connectivity index (χ2v) is 5.39. The molecule has 5 heteroatoms. The number of carbonyl (C=O) groups excluding carboxylic acids is 1. The van der Waals surface area contributed by atoms with E-state index in [-0.39, 0.29) is 12.0 Å². The second kappa shape index (κ2) is 5.60. The van der Waals surface area contributed by atoms with Crippen molar-refractivity contribution in [1.82, 2.24) is 9.88 Å². The monoisotopic (exact) mass is 254 g/mol. The first-order valence-electron chi connectivity index (χ1n) is 5.93. The number of nitrogens with zero attached hydrogens (tertiary/aromatic N) is 2. The number of esters is 1. The zero-order chi connectivity index (χ0) is 12.3. The third-order valence-electron chi connectivity index (χ3n) is 3.41. The maximum absolute atomic E-state index is 11.7. The first kappa shape index (κ1) is 12.5. The summed E-state index contributed by atoms with van der Waals surface area (Å²) in [5, 5.41) is 0. The molecule has 4 nitrogen and oxygen atoms in total. The molecule has 0 bridgehead atoms. The van der Waals surface area contributed by atoms with Crippen molar-refractivity contribution in [1.29, 1.82) is 0 Å². The molecule has 1 aromatic rings. The lowest BCUT2D eigenvalue weighted by molar-refractivity contribution is -0.148. The number of rotatable bonds is 5. The lowest BCUT2D eigenvalue weighted by Crippen LogP contribution is -2.48. The lowest BCUT2D eigenvalue weighted by Gasteiger charge is -2.39. The molecule has 0 saturated heterocycles. The molecule has 1 aliphatic rings. The van der Waals surface area contributed by atoms with Gasteiger partial charge in [-0.15, -0.1) is 11.3 Å². The van der Waals surface area contributed by atoms with Crippen LogP contribution in [0.25, 0.3) is 0 Å². The van der Waals surface area contributed by atoms with Crippen LogP contribution in [0.5, 0.6) is 0 Å². The molecular weight excluding hydrogens is 236 g/mol. The van der Waals surface area contributed by atoms with Gasteiger partial charge < -0.3 is 4.74 Å². The van der Waals surface area contributed by atoms with E-state index in [0.29, 0.717) is 6.04 Å². The molecule has 0 aliphatic heterocycles. The Kier molecular flexibility index (Phi) is 4.12. The molecule has 0 aromatic carbocycles. The first-order chi connectivity index (χ1) is 8.22. The molecule has 0 spiro atoms. The molecule has 1 aromatic heterocycles. The average molecular weight is 254 g/mol. The van der Waals surface area contributed by atoms with Crippen LogP contribution < -0.4 is 0 Å². The Balaban J connectivity index is 2.04. The second-order valence-electron chi connectivity index (χ2n) is 4.42. The van der Waals surface area contributed by atoms with Gasteiger partial charge in [0.25, 0.3) is 0 Å². The fourth-order valence-electron chi connectivity index (χ4n) is 2.11. The Bertz CT molecular complexity index is 363. The standard InChI is InChI=1S/C12H18N2O2S/c1-9(12(15)16-2)14(10-4-3-5-10)7-11-6-13-8-17-11/h6,8-10H,3-5,7H2,1-2H3. The van der Waals surface area contributed by atoms with Crippen molar-refractivity contribution >= 4 is 17.3 Å². The zero-order valence-electron chi connectivity index (χ0n) is 10.3. The number of carbonyl (C=O) groups is 1. The van der Waals surface area contributed by atoms with Gasteiger partial charge in [-0.3, -0.25) is 14.7 Å². The van der Waals surface area contributed by atoms with Crippen molar-refractivity contribution in [3.8, 4) is 0 Å². The molecule has 94 valence electrons. The van der Waals surface area contributed by atoms with E-state index in [1.54, 1.807) is 11.3 Å². The van der Waals surface area contributed by atoms with Crippen LogP contribution in [0.3, 0.4) is 0 Å². The molecule has 1 heterocycles. The third-order valence-corrected chi connectivity index (χ3v) is 4.17. The highest BCUT2D eigenvalue weighted by Gasteiger charge is 2.32. The Hall–Kier alpha value is -0.940. The van der Waals surface area contributed by atoms with Gasteiger partial charge in [0.1, 0.15) is 6.04 Å². The Labute approximate surface area is 106 Å². The average Bonchev–Trinajstić information content (AvgIpc) is 2.76. The summed E-state index contributed by atoms with van der Waals surface area (Å²) in [5.74, 6) is -0.151. The predicted octanol–water partition coefficient (Wildman–Crippen LogP) is 2.06. The summed E-state index contributed by atoms with van der Waals surface area (Å²) in [5.41, 5.74) is 1.83. The summed E-state index contributed by atoms with van der Waals surface area (Å²) >= 11 is 1.64. The predicted molar refractivity (Wildman–Crippen MR) is 66.8 cm³/mol. The van der Waals surface area contributed by atoms with Crippen LogP contribution >= 0.6 is 11.3 Å². The summed E-state index contributed by atoms with van der Waals surface area (Å²) in [6.45, 7) is 2.72. The van der Waals surface area contributed by atoms with Gasteiger partial charge in [-0.25, -0.2) is 0 Å². The van der Waals surface area contributed by atoms with E-state index in [2.05, 4.69) is 9.88 Å². The van der Waals surface area contributed by atoms with Gasteiger partial charge in [0.05, 0.1) is 12.6 Å². The van der Waals surface area contributed by atoms with Gasteiger partial charge in [-0.1, -0.05) is 6.42 Å². The Morgan fingerprint density at radius 1 is 1.71 bits per heavy atom. The summed E-state index contributed by atoms with van der Waals surface area (Å²) in [7, 11) is 1.45. The van der Waals surface area contributed by atoms with Gasteiger partial charge in [0.2, 0.25) is 0 Å². The maximum Gasteiger partial charge on any atom is 0.322 e. The largest absolute Gasteiger partial charge is 0.468 e. The normalized spacial score (nSPS) is 17.8. The Morgan fingerprint density at radius 3 is 2.94 bits per heavy atom. The molecule has 1 saturated carbocycles. The molecule has 2 rings (SSSR count). The van der Waals surface area contributed by atoms with E-state index in [9.17, 15) is 4.79 Å². The zero-order valence-corrected chi connectivity index (χ0v) is 11.1. The van der Waals surface area contributed by atoms with Crippen LogP contribution in [0.15, 0.2) is 11.7 Å². The molecule has 1 fully saturated rings. The van der Waals surface area contributed by atoms with Gasteiger partial charge in [-0.05, 0) is 19.8 Å². The highest BCUT2D eigenvalue weighted by molar-refractivity contribution is 7.09. The fourth-order valence-corrected chi connectivity index (χ4v) is 2.71. The minimum absolute atomic E-state index is 0.151. The molecule has 17 heavy (non-hydrogen) atoms. The maximum atomic E-state index is 11.7. The van der Waals surface area contributed by atoms with Crippen LogP contribution in [-0.2, 0) is 16.1 Å². The van der Waals surface area contributed by atoms with E-state index < -0.39 is 0 Å². The number of methoxy groups -OCH3 is 1. The van der Waals surface area contributed by atoms with Crippen molar-refractivity contribution in [2.75, 3.05) is 7.11 Å². The quantitative estimate of drug-likeness (QED) is 0.754. The number of thiazole rings is 1. The van der Waals surface area contributed by atoms with Crippen molar-refractivity contribution in [3.63, 3.8) is 0 Å². The number of ether oxygens (including phenoxy) is 1. The van der Waals surface area contributed by atoms with Crippen molar-refractivity contribution < 1.29 is 9.53 Å². The molecule has 0 amide bonds. The Morgan fingerprint density at radius 2 is 2.47 bits per heavy atom. The SMILES string of the molecule is COC(=O)C(C)N(Cc1cncs1)C1CCC1. The molecular formula is C12H18N2O2S. The van der Waals surface area contributed by atoms with E-state index in [1.807, 2.05) is 18.6 Å². The van der Waals surface area contributed by atoms with E-state index in [1.165, 1.54) is 31.2 Å². The van der Waals surface area contributed by atoms with Gasteiger partial charge >= 0.3 is 5.97 Å². The van der Waals surface area contributed by atoms with Crippen LogP contribution in [0.1, 0.15) is 31.1 Å². The van der Waals surface area contributed by atoms with Crippen LogP contribution in [0, 0.1) is 0 Å². The van der Waals surface area contributed by atoms with Crippen molar-refractivity contribution in [2.45, 2.75) is 44.8 Å². The van der Waals surface area contributed by atoms with Crippen molar-refractivity contribution in [3.05, 3.63) is 16.6 Å².